The molecule has 224 valence electrons. The van der Waals surface area contributed by atoms with Crippen LogP contribution in [0.2, 0.25) is 10.0 Å². The summed E-state index contributed by atoms with van der Waals surface area (Å²) in [6.45, 7) is 11.0. The van der Waals surface area contributed by atoms with Crippen LogP contribution in [0.4, 0.5) is 11.4 Å². The fraction of sp³-hybridized carbons (Fsp3) is 0.300. The topological polar surface area (TPSA) is 113 Å². The zero-order valence-corrected chi connectivity index (χ0v) is 26.6. The number of anilines is 2. The quantitative estimate of drug-likeness (QED) is 0.252. The Hall–Kier alpha value is -2.89. The lowest BCUT2D eigenvalue weighted by molar-refractivity contribution is 0.102. The van der Waals surface area contributed by atoms with Gasteiger partial charge >= 0.3 is 0 Å². The fourth-order valence-corrected chi connectivity index (χ4v) is 8.60. The number of aryl methyl sites for hydroxylation is 1. The van der Waals surface area contributed by atoms with Crippen LogP contribution in [-0.2, 0) is 19.9 Å². The molecule has 1 aliphatic heterocycles. The van der Waals surface area contributed by atoms with E-state index in [0.29, 0.717) is 41.2 Å². The van der Waals surface area contributed by atoms with Crippen molar-refractivity contribution in [1.29, 1.82) is 0 Å². The van der Waals surface area contributed by atoms with Gasteiger partial charge in [-0.15, -0.1) is 6.58 Å². The summed E-state index contributed by atoms with van der Waals surface area (Å²) in [5.41, 5.74) is 0.779. The monoisotopic (exact) mass is 649 g/mol. The Morgan fingerprint density at radius 2 is 1.57 bits per heavy atom. The lowest BCUT2D eigenvalue weighted by Gasteiger charge is -2.38. The van der Waals surface area contributed by atoms with Crippen molar-refractivity contribution in [2.24, 2.45) is 11.8 Å². The van der Waals surface area contributed by atoms with Crippen molar-refractivity contribution >= 4 is 60.3 Å². The van der Waals surface area contributed by atoms with Crippen LogP contribution < -0.4 is 10.0 Å². The number of rotatable bonds is 9. The lowest BCUT2D eigenvalue weighted by Crippen LogP contribution is -2.47. The molecular formula is C30H33Cl2N3O5S2. The van der Waals surface area contributed by atoms with Gasteiger partial charge in [0, 0.05) is 28.8 Å². The van der Waals surface area contributed by atoms with Gasteiger partial charge in [0.1, 0.15) is 5.37 Å². The number of likely N-dealkylation sites (tertiary alicyclic amines) is 1. The van der Waals surface area contributed by atoms with Gasteiger partial charge < -0.3 is 5.32 Å². The molecule has 1 fully saturated rings. The highest BCUT2D eigenvalue weighted by Crippen LogP contribution is 2.31. The van der Waals surface area contributed by atoms with E-state index in [2.05, 4.69) is 30.5 Å². The Labute approximate surface area is 257 Å². The number of carbonyl (C=O) groups excluding carboxylic acids is 1. The number of nitrogens with zero attached hydrogens (tertiary/aromatic N) is 1. The second kappa shape index (κ2) is 12.8. The van der Waals surface area contributed by atoms with E-state index in [0.717, 1.165) is 6.42 Å². The highest BCUT2D eigenvalue weighted by Gasteiger charge is 2.35. The van der Waals surface area contributed by atoms with E-state index in [1.807, 2.05) is 4.90 Å². The van der Waals surface area contributed by atoms with E-state index in [1.54, 1.807) is 13.0 Å². The third kappa shape index (κ3) is 7.18. The molecule has 42 heavy (non-hydrogen) atoms. The molecule has 3 aromatic rings. The first-order valence-electron chi connectivity index (χ1n) is 13.3. The second-order valence-corrected chi connectivity index (χ2v) is 15.3. The third-order valence-electron chi connectivity index (χ3n) is 7.11. The molecule has 0 aliphatic carbocycles. The standard InChI is InChI=1S/C30H33Cl2N3O5S2/c1-5-29(35-17-19(2)14-20(3)18-35)41(37,38)28-13-9-24(15-21(28)4)33-30(36)26-16-23(32)8-12-27(26)34-42(39,40)25-10-6-22(31)7-11-25/h5-13,15-16,19-20,29,34H,1,14,17-18H2,2-4H3,(H,33,36). The van der Waals surface area contributed by atoms with Gasteiger partial charge in [-0.1, -0.05) is 43.1 Å². The third-order valence-corrected chi connectivity index (χ3v) is 11.2. The van der Waals surface area contributed by atoms with Crippen LogP contribution in [-0.4, -0.2) is 46.1 Å². The zero-order chi connectivity index (χ0) is 30.8. The van der Waals surface area contributed by atoms with E-state index in [4.69, 9.17) is 23.2 Å². The van der Waals surface area contributed by atoms with E-state index in [9.17, 15) is 21.6 Å². The molecule has 3 aromatic carbocycles. The highest BCUT2D eigenvalue weighted by molar-refractivity contribution is 7.92. The number of carbonyl (C=O) groups is 1. The normalized spacial score (nSPS) is 18.7. The molecule has 0 saturated carbocycles. The summed E-state index contributed by atoms with van der Waals surface area (Å²) >= 11 is 12.0. The minimum Gasteiger partial charge on any atom is -0.322 e. The average Bonchev–Trinajstić information content (AvgIpc) is 2.89. The molecule has 1 heterocycles. The Morgan fingerprint density at radius 1 is 0.952 bits per heavy atom. The zero-order valence-electron chi connectivity index (χ0n) is 23.5. The maximum Gasteiger partial charge on any atom is 0.261 e. The van der Waals surface area contributed by atoms with Crippen molar-refractivity contribution in [3.05, 3.63) is 94.5 Å². The molecule has 8 nitrogen and oxygen atoms in total. The van der Waals surface area contributed by atoms with Crippen LogP contribution in [0.25, 0.3) is 0 Å². The Kier molecular flexibility index (Phi) is 9.74. The predicted octanol–water partition coefficient (Wildman–Crippen LogP) is 6.62. The summed E-state index contributed by atoms with van der Waals surface area (Å²) in [4.78, 5) is 15.4. The summed E-state index contributed by atoms with van der Waals surface area (Å²) in [6, 6.07) is 14.3. The second-order valence-electron chi connectivity index (χ2n) is 10.8. The van der Waals surface area contributed by atoms with Crippen LogP contribution in [0, 0.1) is 18.8 Å². The maximum absolute atomic E-state index is 13.7. The van der Waals surface area contributed by atoms with Crippen molar-refractivity contribution in [2.75, 3.05) is 23.1 Å². The lowest BCUT2D eigenvalue weighted by atomic mass is 9.92. The van der Waals surface area contributed by atoms with Gasteiger partial charge in [0.25, 0.3) is 15.9 Å². The van der Waals surface area contributed by atoms with Crippen LogP contribution in [0.5, 0.6) is 0 Å². The molecule has 1 saturated heterocycles. The van der Waals surface area contributed by atoms with Crippen LogP contribution >= 0.6 is 23.2 Å². The summed E-state index contributed by atoms with van der Waals surface area (Å²) in [6.07, 6.45) is 2.52. The predicted molar refractivity (Wildman–Crippen MR) is 169 cm³/mol. The number of hydrogen-bond acceptors (Lipinski definition) is 6. The molecule has 2 N–H and O–H groups in total. The van der Waals surface area contributed by atoms with Crippen molar-refractivity contribution in [3.8, 4) is 0 Å². The number of sulfonamides is 1. The molecule has 0 aromatic heterocycles. The minimum absolute atomic E-state index is 0.0154. The van der Waals surface area contributed by atoms with Gasteiger partial charge in [0.15, 0.2) is 9.84 Å². The molecule has 4 rings (SSSR count). The van der Waals surface area contributed by atoms with Gasteiger partial charge in [0.05, 0.1) is 21.0 Å². The molecule has 1 amide bonds. The molecule has 0 radical (unpaired) electrons. The smallest absolute Gasteiger partial charge is 0.261 e. The van der Waals surface area contributed by atoms with Gasteiger partial charge in [-0.3, -0.25) is 14.4 Å². The number of hydrogen-bond donors (Lipinski definition) is 2. The average molecular weight is 651 g/mol. The van der Waals surface area contributed by atoms with Gasteiger partial charge in [0.2, 0.25) is 0 Å². The van der Waals surface area contributed by atoms with E-state index in [1.165, 1.54) is 60.7 Å². The Bertz CT molecular complexity index is 1700. The molecule has 12 heteroatoms. The summed E-state index contributed by atoms with van der Waals surface area (Å²) < 4.78 is 55.8. The van der Waals surface area contributed by atoms with Crippen LogP contribution in [0.3, 0.4) is 0 Å². The van der Waals surface area contributed by atoms with Crippen LogP contribution in [0.1, 0.15) is 36.2 Å². The first-order chi connectivity index (χ1) is 19.7. The van der Waals surface area contributed by atoms with Gasteiger partial charge in [-0.05, 0) is 91.4 Å². The van der Waals surface area contributed by atoms with E-state index in [-0.39, 0.29) is 26.1 Å². The number of sulfone groups is 1. The van der Waals surface area contributed by atoms with Crippen molar-refractivity contribution in [3.63, 3.8) is 0 Å². The molecule has 0 bridgehead atoms. The molecule has 3 unspecified atom stereocenters. The summed E-state index contributed by atoms with van der Waals surface area (Å²) in [7, 11) is -7.83. The largest absolute Gasteiger partial charge is 0.322 e. The van der Waals surface area contributed by atoms with Crippen molar-refractivity contribution in [1.82, 2.24) is 4.90 Å². The number of nitrogens with one attached hydrogen (secondary N) is 2. The van der Waals surface area contributed by atoms with Crippen molar-refractivity contribution in [2.45, 2.75) is 42.4 Å². The molecule has 1 aliphatic rings. The van der Waals surface area contributed by atoms with Crippen LogP contribution in [0.15, 0.2) is 83.1 Å². The summed E-state index contributed by atoms with van der Waals surface area (Å²) in [5.74, 6) is 0.107. The molecule has 3 atom stereocenters. The number of piperidine rings is 1. The fourth-order valence-electron chi connectivity index (χ4n) is 5.38. The SMILES string of the molecule is C=CC(N1CC(C)CC(C)C1)S(=O)(=O)c1ccc(NC(=O)c2cc(Cl)ccc2NS(=O)(=O)c2ccc(Cl)cc2)cc1C. The first-order valence-corrected chi connectivity index (χ1v) is 17.1. The highest BCUT2D eigenvalue weighted by atomic mass is 35.5. The minimum atomic E-state index is -4.04. The Morgan fingerprint density at radius 3 is 2.17 bits per heavy atom. The molecule has 0 spiro atoms. The van der Waals surface area contributed by atoms with E-state index < -0.39 is 31.1 Å². The molecular weight excluding hydrogens is 617 g/mol. The van der Waals surface area contributed by atoms with Gasteiger partial charge in [-0.2, -0.15) is 0 Å². The number of amides is 1. The first kappa shape index (κ1) is 32.0. The maximum atomic E-state index is 13.7. The summed E-state index contributed by atoms with van der Waals surface area (Å²) in [5, 5.41) is 2.46. The Balaban J connectivity index is 1.58. The van der Waals surface area contributed by atoms with Crippen molar-refractivity contribution < 1.29 is 21.6 Å². The number of benzene rings is 3. The van der Waals surface area contributed by atoms with Gasteiger partial charge in [-0.25, -0.2) is 16.8 Å². The van der Waals surface area contributed by atoms with E-state index >= 15 is 0 Å². The number of halogens is 2.